The molecule has 158 valence electrons. The number of carbonyl (C=O) groups is 1. The molecule has 0 unspecified atom stereocenters. The Kier molecular flexibility index (Phi) is 7.44. The first kappa shape index (κ1) is 22.5. The standard InChI is InChI=1S/C23H17BrClNO5/c1-30-22-10-7-15(6-9-21(27)18-4-2-3-5-20(18)26(28)29)12-16(22)14-31-23-11-8-17(25)13-19(23)24/h2-13H,14H2,1H3/b9-6+. The molecule has 0 aliphatic rings. The van der Waals surface area contributed by atoms with Crippen molar-refractivity contribution in [1.82, 2.24) is 0 Å². The lowest BCUT2D eigenvalue weighted by Crippen LogP contribution is -2.01. The second kappa shape index (κ2) is 10.2. The normalized spacial score (nSPS) is 10.8. The van der Waals surface area contributed by atoms with Crippen LogP contribution in [-0.4, -0.2) is 17.8 Å². The molecule has 0 saturated carbocycles. The van der Waals surface area contributed by atoms with Crippen LogP contribution in [0.5, 0.6) is 11.5 Å². The summed E-state index contributed by atoms with van der Waals surface area (Å²) in [6.45, 7) is 0.225. The van der Waals surface area contributed by atoms with Crippen molar-refractivity contribution in [2.75, 3.05) is 7.11 Å². The number of methoxy groups -OCH3 is 1. The summed E-state index contributed by atoms with van der Waals surface area (Å²) in [5, 5.41) is 11.7. The molecule has 0 radical (unpaired) electrons. The lowest BCUT2D eigenvalue weighted by molar-refractivity contribution is -0.385. The Bertz CT molecular complexity index is 1160. The number of ether oxygens (including phenoxy) is 2. The molecule has 0 bridgehead atoms. The Morgan fingerprint density at radius 2 is 1.87 bits per heavy atom. The van der Waals surface area contributed by atoms with E-state index < -0.39 is 10.7 Å². The van der Waals surface area contributed by atoms with Crippen LogP contribution in [0.2, 0.25) is 5.02 Å². The zero-order chi connectivity index (χ0) is 22.4. The van der Waals surface area contributed by atoms with E-state index in [4.69, 9.17) is 21.1 Å². The van der Waals surface area contributed by atoms with Gasteiger partial charge in [0, 0.05) is 16.7 Å². The summed E-state index contributed by atoms with van der Waals surface area (Å²) in [4.78, 5) is 23.0. The molecule has 0 spiro atoms. The second-order valence-corrected chi connectivity index (χ2v) is 7.70. The molecular formula is C23H17BrClNO5. The van der Waals surface area contributed by atoms with E-state index in [9.17, 15) is 14.9 Å². The van der Waals surface area contributed by atoms with Crippen LogP contribution in [0.1, 0.15) is 21.5 Å². The fraction of sp³-hybridized carbons (Fsp3) is 0.0870. The Balaban J connectivity index is 1.80. The van der Waals surface area contributed by atoms with Gasteiger partial charge in [0.2, 0.25) is 0 Å². The number of halogens is 2. The van der Waals surface area contributed by atoms with Gasteiger partial charge in [0.1, 0.15) is 18.1 Å². The van der Waals surface area contributed by atoms with E-state index in [1.165, 1.54) is 24.3 Å². The number of allylic oxidation sites excluding steroid dienone is 1. The minimum atomic E-state index is -0.571. The zero-order valence-corrected chi connectivity index (χ0v) is 18.7. The number of nitrogens with zero attached hydrogens (tertiary/aromatic N) is 1. The predicted octanol–water partition coefficient (Wildman–Crippen LogP) is 6.49. The minimum absolute atomic E-state index is 0.0356. The van der Waals surface area contributed by atoms with Crippen molar-refractivity contribution in [3.05, 3.63) is 103 Å². The average Bonchev–Trinajstić information content (AvgIpc) is 2.76. The second-order valence-electron chi connectivity index (χ2n) is 6.41. The molecule has 0 heterocycles. The highest BCUT2D eigenvalue weighted by Gasteiger charge is 2.17. The molecule has 0 amide bonds. The zero-order valence-electron chi connectivity index (χ0n) is 16.4. The van der Waals surface area contributed by atoms with Crippen LogP contribution in [0.4, 0.5) is 5.69 Å². The number of para-hydroxylation sites is 1. The maximum atomic E-state index is 12.5. The largest absolute Gasteiger partial charge is 0.496 e. The number of nitro groups is 1. The molecule has 3 aromatic carbocycles. The lowest BCUT2D eigenvalue weighted by atomic mass is 10.1. The van der Waals surface area contributed by atoms with Crippen molar-refractivity contribution in [2.45, 2.75) is 6.61 Å². The van der Waals surface area contributed by atoms with Gasteiger partial charge in [-0.05, 0) is 64.0 Å². The topological polar surface area (TPSA) is 78.7 Å². The molecule has 0 aromatic heterocycles. The Labute approximate surface area is 192 Å². The summed E-state index contributed by atoms with van der Waals surface area (Å²) < 4.78 is 12.0. The van der Waals surface area contributed by atoms with Crippen LogP contribution in [0.25, 0.3) is 6.08 Å². The molecule has 3 aromatic rings. The van der Waals surface area contributed by atoms with Crippen molar-refractivity contribution in [1.29, 1.82) is 0 Å². The number of hydrogen-bond acceptors (Lipinski definition) is 5. The molecule has 31 heavy (non-hydrogen) atoms. The molecule has 0 aliphatic heterocycles. The van der Waals surface area contributed by atoms with Gasteiger partial charge < -0.3 is 9.47 Å². The Morgan fingerprint density at radius 1 is 1.13 bits per heavy atom. The number of hydrogen-bond donors (Lipinski definition) is 0. The van der Waals surface area contributed by atoms with Gasteiger partial charge in [-0.15, -0.1) is 0 Å². The first-order valence-electron chi connectivity index (χ1n) is 9.09. The van der Waals surface area contributed by atoms with Gasteiger partial charge in [-0.3, -0.25) is 14.9 Å². The third-order valence-electron chi connectivity index (χ3n) is 4.37. The fourth-order valence-corrected chi connectivity index (χ4v) is 3.66. The van der Waals surface area contributed by atoms with Gasteiger partial charge in [-0.1, -0.05) is 35.9 Å². The summed E-state index contributed by atoms with van der Waals surface area (Å²) in [5.41, 5.74) is 1.30. The fourth-order valence-electron chi connectivity index (χ4n) is 2.87. The lowest BCUT2D eigenvalue weighted by Gasteiger charge is -2.12. The molecule has 0 saturated heterocycles. The SMILES string of the molecule is COc1ccc(/C=C/C(=O)c2ccccc2[N+](=O)[O-])cc1COc1ccc(Cl)cc1Br. The van der Waals surface area contributed by atoms with E-state index in [0.29, 0.717) is 16.5 Å². The number of carbonyl (C=O) groups excluding carboxylic acids is 1. The van der Waals surface area contributed by atoms with Crippen LogP contribution in [0.3, 0.4) is 0 Å². The van der Waals surface area contributed by atoms with Crippen LogP contribution < -0.4 is 9.47 Å². The van der Waals surface area contributed by atoms with Crippen LogP contribution in [0, 0.1) is 10.1 Å². The summed E-state index contributed by atoms with van der Waals surface area (Å²) in [5.74, 6) is 0.803. The van der Waals surface area contributed by atoms with Crippen molar-refractivity contribution in [2.24, 2.45) is 0 Å². The smallest absolute Gasteiger partial charge is 0.280 e. The van der Waals surface area contributed by atoms with Gasteiger partial charge in [0.05, 0.1) is 22.1 Å². The third kappa shape index (κ3) is 5.71. The molecule has 8 heteroatoms. The van der Waals surface area contributed by atoms with Crippen molar-refractivity contribution < 1.29 is 19.2 Å². The number of rotatable bonds is 8. The van der Waals surface area contributed by atoms with Gasteiger partial charge in [-0.25, -0.2) is 0 Å². The average molecular weight is 503 g/mol. The maximum Gasteiger partial charge on any atom is 0.280 e. The van der Waals surface area contributed by atoms with E-state index in [-0.39, 0.29) is 17.9 Å². The van der Waals surface area contributed by atoms with Crippen LogP contribution in [-0.2, 0) is 6.61 Å². The first-order valence-corrected chi connectivity index (χ1v) is 10.3. The monoisotopic (exact) mass is 501 g/mol. The van der Waals surface area contributed by atoms with Crippen LogP contribution in [0.15, 0.2) is 71.2 Å². The molecule has 0 aliphatic carbocycles. The minimum Gasteiger partial charge on any atom is -0.496 e. The molecule has 0 N–H and O–H groups in total. The highest BCUT2D eigenvalue weighted by atomic mass is 79.9. The molecule has 0 fully saturated rings. The number of benzene rings is 3. The van der Waals surface area contributed by atoms with Crippen LogP contribution >= 0.6 is 27.5 Å². The Morgan fingerprint density at radius 3 is 2.58 bits per heavy atom. The molecule has 6 nitrogen and oxygen atoms in total. The predicted molar refractivity (Wildman–Crippen MR) is 123 cm³/mol. The van der Waals surface area contributed by atoms with Crippen molar-refractivity contribution >= 4 is 45.1 Å². The van der Waals surface area contributed by atoms with Crippen molar-refractivity contribution in [3.8, 4) is 11.5 Å². The van der Waals surface area contributed by atoms with Gasteiger partial charge >= 0.3 is 0 Å². The number of ketones is 1. The van der Waals surface area contributed by atoms with E-state index in [2.05, 4.69) is 15.9 Å². The number of nitro benzene ring substituents is 1. The van der Waals surface area contributed by atoms with Gasteiger partial charge in [0.25, 0.3) is 5.69 Å². The summed E-state index contributed by atoms with van der Waals surface area (Å²) in [6, 6.07) is 16.4. The van der Waals surface area contributed by atoms with E-state index in [1.807, 2.05) is 6.07 Å². The third-order valence-corrected chi connectivity index (χ3v) is 5.23. The molecular weight excluding hydrogens is 486 g/mol. The maximum absolute atomic E-state index is 12.5. The summed E-state index contributed by atoms with van der Waals surface area (Å²) in [7, 11) is 1.56. The summed E-state index contributed by atoms with van der Waals surface area (Å²) in [6.07, 6.45) is 2.91. The quantitative estimate of drug-likeness (QED) is 0.152. The highest BCUT2D eigenvalue weighted by Crippen LogP contribution is 2.30. The van der Waals surface area contributed by atoms with Crippen molar-refractivity contribution in [3.63, 3.8) is 0 Å². The van der Waals surface area contributed by atoms with Gasteiger partial charge in [-0.2, -0.15) is 0 Å². The van der Waals surface area contributed by atoms with Gasteiger partial charge in [0.15, 0.2) is 5.78 Å². The molecule has 0 atom stereocenters. The van der Waals surface area contributed by atoms with E-state index in [1.54, 1.807) is 49.6 Å². The first-order chi connectivity index (χ1) is 14.9. The summed E-state index contributed by atoms with van der Waals surface area (Å²) >= 11 is 9.37. The molecule has 3 rings (SSSR count). The Hall–Kier alpha value is -3.16. The van der Waals surface area contributed by atoms with E-state index in [0.717, 1.165) is 15.6 Å². The van der Waals surface area contributed by atoms with E-state index >= 15 is 0 Å². The highest BCUT2D eigenvalue weighted by molar-refractivity contribution is 9.10.